The van der Waals surface area contributed by atoms with Gasteiger partial charge in [-0.1, -0.05) is 30.3 Å². The minimum atomic E-state index is -3.39. The summed E-state index contributed by atoms with van der Waals surface area (Å²) in [5, 5.41) is 0. The van der Waals surface area contributed by atoms with Gasteiger partial charge < -0.3 is 10.5 Å². The third-order valence-corrected chi connectivity index (χ3v) is 4.66. The van der Waals surface area contributed by atoms with Gasteiger partial charge in [0.2, 0.25) is 10.0 Å². The lowest BCUT2D eigenvalue weighted by molar-refractivity contribution is 0.182. The van der Waals surface area contributed by atoms with E-state index in [0.29, 0.717) is 19.7 Å². The Morgan fingerprint density at radius 1 is 1.40 bits per heavy atom. The van der Waals surface area contributed by atoms with Gasteiger partial charge in [-0.05, 0) is 11.1 Å². The van der Waals surface area contributed by atoms with Gasteiger partial charge in [0.15, 0.2) is 0 Å². The number of benzene rings is 1. The third-order valence-electron chi connectivity index (χ3n) is 2.85. The van der Waals surface area contributed by atoms with E-state index in [2.05, 4.69) is 6.58 Å². The molecule has 2 N–H and O–H groups in total. The SMILES string of the molecule is C=CCN(CCOC)S(=O)(=O)Cc1cccc(CN)c1. The summed E-state index contributed by atoms with van der Waals surface area (Å²) in [5.41, 5.74) is 7.22. The Balaban J connectivity index is 2.86. The molecule has 5 nitrogen and oxygen atoms in total. The van der Waals surface area contributed by atoms with Crippen LogP contribution in [0.1, 0.15) is 11.1 Å². The van der Waals surface area contributed by atoms with Crippen LogP contribution in [0.5, 0.6) is 0 Å². The highest BCUT2D eigenvalue weighted by Gasteiger charge is 2.21. The van der Waals surface area contributed by atoms with Crippen LogP contribution in [0.25, 0.3) is 0 Å². The highest BCUT2D eigenvalue weighted by molar-refractivity contribution is 7.88. The lowest BCUT2D eigenvalue weighted by atomic mass is 10.1. The Kier molecular flexibility index (Phi) is 6.87. The van der Waals surface area contributed by atoms with Crippen LogP contribution in [-0.4, -0.2) is 39.5 Å². The molecule has 0 spiro atoms. The number of ether oxygens (including phenoxy) is 1. The van der Waals surface area contributed by atoms with Crippen LogP contribution in [0.4, 0.5) is 0 Å². The van der Waals surface area contributed by atoms with Gasteiger partial charge >= 0.3 is 0 Å². The fraction of sp³-hybridized carbons (Fsp3) is 0.429. The monoisotopic (exact) mass is 298 g/mol. The highest BCUT2D eigenvalue weighted by Crippen LogP contribution is 2.12. The van der Waals surface area contributed by atoms with Crippen molar-refractivity contribution in [2.24, 2.45) is 5.73 Å². The minimum Gasteiger partial charge on any atom is -0.383 e. The maximum atomic E-state index is 12.4. The molecule has 0 saturated carbocycles. The fourth-order valence-electron chi connectivity index (χ4n) is 1.83. The zero-order valence-corrected chi connectivity index (χ0v) is 12.6. The van der Waals surface area contributed by atoms with Gasteiger partial charge in [0, 0.05) is 26.7 Å². The van der Waals surface area contributed by atoms with Crippen molar-refractivity contribution in [1.29, 1.82) is 0 Å². The van der Waals surface area contributed by atoms with Gasteiger partial charge in [-0.25, -0.2) is 8.42 Å². The van der Waals surface area contributed by atoms with Crippen molar-refractivity contribution < 1.29 is 13.2 Å². The van der Waals surface area contributed by atoms with E-state index in [1.807, 2.05) is 18.2 Å². The van der Waals surface area contributed by atoms with Crippen molar-refractivity contribution in [3.63, 3.8) is 0 Å². The molecule has 0 radical (unpaired) electrons. The van der Waals surface area contributed by atoms with Crippen molar-refractivity contribution in [1.82, 2.24) is 4.31 Å². The molecule has 0 saturated heterocycles. The number of hydrogen-bond donors (Lipinski definition) is 1. The predicted octanol–water partition coefficient (Wildman–Crippen LogP) is 1.11. The normalized spacial score (nSPS) is 11.8. The molecule has 1 aromatic carbocycles. The maximum absolute atomic E-state index is 12.4. The number of nitrogens with two attached hydrogens (primary N) is 1. The summed E-state index contributed by atoms with van der Waals surface area (Å²) in [4.78, 5) is 0. The molecule has 20 heavy (non-hydrogen) atoms. The van der Waals surface area contributed by atoms with Crippen LogP contribution < -0.4 is 5.73 Å². The van der Waals surface area contributed by atoms with Gasteiger partial charge in [-0.3, -0.25) is 0 Å². The van der Waals surface area contributed by atoms with Crippen molar-refractivity contribution in [2.45, 2.75) is 12.3 Å². The van der Waals surface area contributed by atoms with Gasteiger partial charge in [0.05, 0.1) is 12.4 Å². The molecule has 0 fully saturated rings. The van der Waals surface area contributed by atoms with Crippen molar-refractivity contribution >= 4 is 10.0 Å². The van der Waals surface area contributed by atoms with Crippen molar-refractivity contribution in [3.8, 4) is 0 Å². The third kappa shape index (κ3) is 5.05. The Labute approximate surface area is 121 Å². The topological polar surface area (TPSA) is 72.6 Å². The van der Waals surface area contributed by atoms with Crippen LogP contribution in [0.3, 0.4) is 0 Å². The molecule has 0 unspecified atom stereocenters. The minimum absolute atomic E-state index is 0.0433. The summed E-state index contributed by atoms with van der Waals surface area (Å²) < 4.78 is 31.1. The van der Waals surface area contributed by atoms with E-state index in [1.165, 1.54) is 4.31 Å². The first kappa shape index (κ1) is 16.8. The molecule has 0 heterocycles. The number of methoxy groups -OCH3 is 1. The molecule has 0 atom stereocenters. The molecular formula is C14H22N2O3S. The first-order valence-corrected chi connectivity index (χ1v) is 8.00. The largest absolute Gasteiger partial charge is 0.383 e. The van der Waals surface area contributed by atoms with E-state index in [9.17, 15) is 8.42 Å². The highest BCUT2D eigenvalue weighted by atomic mass is 32.2. The van der Waals surface area contributed by atoms with Crippen LogP contribution >= 0.6 is 0 Å². The van der Waals surface area contributed by atoms with Crippen LogP contribution in [0, 0.1) is 0 Å². The second-order valence-electron chi connectivity index (χ2n) is 4.42. The summed E-state index contributed by atoms with van der Waals surface area (Å²) in [6.45, 7) is 4.95. The first-order valence-electron chi connectivity index (χ1n) is 6.39. The molecule has 1 rings (SSSR count). The number of hydrogen-bond acceptors (Lipinski definition) is 4. The second kappa shape index (κ2) is 8.16. The van der Waals surface area contributed by atoms with E-state index in [0.717, 1.165) is 11.1 Å². The molecule has 0 aliphatic carbocycles. The summed E-state index contributed by atoms with van der Waals surface area (Å²) in [7, 11) is -1.85. The van der Waals surface area contributed by atoms with Gasteiger partial charge in [0.1, 0.15) is 0 Å². The number of sulfonamides is 1. The number of nitrogens with zero attached hydrogens (tertiary/aromatic N) is 1. The first-order chi connectivity index (χ1) is 9.53. The smallest absolute Gasteiger partial charge is 0.218 e. The molecule has 112 valence electrons. The van der Waals surface area contributed by atoms with Gasteiger partial charge in [-0.15, -0.1) is 6.58 Å². The van der Waals surface area contributed by atoms with E-state index < -0.39 is 10.0 Å². The average Bonchev–Trinajstić information content (AvgIpc) is 2.43. The van der Waals surface area contributed by atoms with E-state index in [-0.39, 0.29) is 12.3 Å². The molecule has 0 amide bonds. The molecule has 0 aliphatic heterocycles. The summed E-state index contributed by atoms with van der Waals surface area (Å²) >= 11 is 0. The summed E-state index contributed by atoms with van der Waals surface area (Å²) in [6, 6.07) is 7.31. The van der Waals surface area contributed by atoms with E-state index in [4.69, 9.17) is 10.5 Å². The lowest BCUT2D eigenvalue weighted by Crippen LogP contribution is -2.35. The Morgan fingerprint density at radius 3 is 2.70 bits per heavy atom. The van der Waals surface area contributed by atoms with Gasteiger partial charge in [-0.2, -0.15) is 4.31 Å². The second-order valence-corrected chi connectivity index (χ2v) is 6.39. The molecule has 0 aromatic heterocycles. The molecule has 0 aliphatic rings. The van der Waals surface area contributed by atoms with E-state index >= 15 is 0 Å². The standard InChI is InChI=1S/C14H22N2O3S/c1-3-7-16(8-9-19-2)20(17,18)12-14-6-4-5-13(10-14)11-15/h3-6,10H,1,7-9,11-12,15H2,2H3. The predicted molar refractivity (Wildman–Crippen MR) is 80.6 cm³/mol. The summed E-state index contributed by atoms with van der Waals surface area (Å²) in [5.74, 6) is -0.0433. The Bertz CT molecular complexity index is 529. The lowest BCUT2D eigenvalue weighted by Gasteiger charge is -2.20. The van der Waals surface area contributed by atoms with Crippen LogP contribution in [0.2, 0.25) is 0 Å². The zero-order valence-electron chi connectivity index (χ0n) is 11.8. The molecule has 6 heteroatoms. The number of rotatable bonds is 9. The van der Waals surface area contributed by atoms with Gasteiger partial charge in [0.25, 0.3) is 0 Å². The molecular weight excluding hydrogens is 276 g/mol. The Morgan fingerprint density at radius 2 is 2.10 bits per heavy atom. The summed E-state index contributed by atoms with van der Waals surface area (Å²) in [6.07, 6.45) is 1.57. The average molecular weight is 298 g/mol. The van der Waals surface area contributed by atoms with E-state index in [1.54, 1.807) is 19.3 Å². The van der Waals surface area contributed by atoms with Crippen molar-refractivity contribution in [3.05, 3.63) is 48.0 Å². The van der Waals surface area contributed by atoms with Crippen molar-refractivity contribution in [2.75, 3.05) is 26.8 Å². The molecule has 0 bridgehead atoms. The molecule has 1 aromatic rings. The zero-order chi connectivity index (χ0) is 15.0. The Hall–Kier alpha value is -1.21. The maximum Gasteiger partial charge on any atom is 0.218 e. The van der Waals surface area contributed by atoms with Crippen LogP contribution in [0.15, 0.2) is 36.9 Å². The fourth-order valence-corrected chi connectivity index (χ4v) is 3.30. The van der Waals surface area contributed by atoms with Crippen LogP contribution in [-0.2, 0) is 27.1 Å². The quantitative estimate of drug-likeness (QED) is 0.693.